The van der Waals surface area contributed by atoms with Crippen LogP contribution < -0.4 is 15.6 Å². The molecule has 2 aromatic carbocycles. The molecule has 10 nitrogen and oxygen atoms in total. The molecule has 1 unspecified atom stereocenters. The van der Waals surface area contributed by atoms with Crippen molar-refractivity contribution in [1.29, 1.82) is 0 Å². The number of esters is 1. The van der Waals surface area contributed by atoms with Crippen molar-refractivity contribution in [3.63, 3.8) is 0 Å². The van der Waals surface area contributed by atoms with Gasteiger partial charge in [0.15, 0.2) is 0 Å². The maximum Gasteiger partial charge on any atom is 0.309 e. The van der Waals surface area contributed by atoms with Crippen LogP contribution in [-0.4, -0.2) is 57.4 Å². The van der Waals surface area contributed by atoms with Crippen LogP contribution in [0.1, 0.15) is 48.2 Å². The molecule has 3 aliphatic rings. The fraction of sp³-hybridized carbons (Fsp3) is 0.359. The predicted octanol–water partition coefficient (Wildman–Crippen LogP) is 7.44. The summed E-state index contributed by atoms with van der Waals surface area (Å²) in [5.41, 5.74) is 5.72. The number of pyridine rings is 2. The lowest BCUT2D eigenvalue weighted by molar-refractivity contribution is -0.145. The van der Waals surface area contributed by atoms with Gasteiger partial charge in [-0.25, -0.2) is 23.4 Å². The number of fused-ring (bicyclic) bond motifs is 3. The third-order valence-corrected chi connectivity index (χ3v) is 11.3. The van der Waals surface area contributed by atoms with E-state index in [1.165, 1.54) is 24.9 Å². The summed E-state index contributed by atoms with van der Waals surface area (Å²) in [4.78, 5) is 37.0. The largest absolute Gasteiger partial charge is 0.481 e. The molecular formula is C39H37ClF2N6O4. The van der Waals surface area contributed by atoms with Crippen LogP contribution in [0.25, 0.3) is 33.2 Å². The van der Waals surface area contributed by atoms with Crippen molar-refractivity contribution < 1.29 is 23.0 Å². The van der Waals surface area contributed by atoms with Crippen LogP contribution in [0, 0.1) is 24.7 Å². The van der Waals surface area contributed by atoms with E-state index in [2.05, 4.69) is 26.4 Å². The number of aromatic nitrogens is 4. The number of methoxy groups -OCH3 is 1. The second-order valence-corrected chi connectivity index (χ2v) is 14.1. The van der Waals surface area contributed by atoms with Crippen molar-refractivity contribution >= 4 is 39.8 Å². The van der Waals surface area contributed by atoms with Crippen molar-refractivity contribution in [2.24, 2.45) is 24.8 Å². The first-order valence-corrected chi connectivity index (χ1v) is 17.8. The lowest BCUT2D eigenvalue weighted by Crippen LogP contribution is -2.30. The van der Waals surface area contributed by atoms with Crippen LogP contribution in [0.4, 0.5) is 20.3 Å². The number of anilines is 2. The molecule has 268 valence electrons. The Hall–Kier alpha value is -4.94. The number of benzene rings is 2. The number of nitrogens with zero attached hydrogens (tertiary/aromatic N) is 5. The van der Waals surface area contributed by atoms with Gasteiger partial charge in [0, 0.05) is 53.9 Å². The third-order valence-electron chi connectivity index (χ3n) is 10.9. The second kappa shape index (κ2) is 13.2. The van der Waals surface area contributed by atoms with E-state index in [0.717, 1.165) is 58.4 Å². The van der Waals surface area contributed by atoms with Crippen LogP contribution in [0.5, 0.6) is 5.88 Å². The second-order valence-electron chi connectivity index (χ2n) is 13.7. The summed E-state index contributed by atoms with van der Waals surface area (Å²) >= 11 is 7.20. The van der Waals surface area contributed by atoms with E-state index in [0.29, 0.717) is 40.7 Å². The number of halogens is 3. The van der Waals surface area contributed by atoms with Gasteiger partial charge in [0.2, 0.25) is 5.88 Å². The highest BCUT2D eigenvalue weighted by atomic mass is 35.5. The summed E-state index contributed by atoms with van der Waals surface area (Å²) in [6.45, 7) is 5.88. The van der Waals surface area contributed by atoms with Gasteiger partial charge >= 0.3 is 5.97 Å². The average molecular weight is 727 g/mol. The Labute approximate surface area is 303 Å². The Kier molecular flexibility index (Phi) is 8.70. The van der Waals surface area contributed by atoms with Gasteiger partial charge in [-0.1, -0.05) is 41.9 Å². The Morgan fingerprint density at radius 1 is 1.08 bits per heavy atom. The molecule has 0 bridgehead atoms. The van der Waals surface area contributed by atoms with E-state index < -0.39 is 17.7 Å². The Morgan fingerprint density at radius 3 is 2.54 bits per heavy atom. The number of ether oxygens (including phenoxy) is 2. The summed E-state index contributed by atoms with van der Waals surface area (Å²) in [5.74, 6) is 1.25. The zero-order chi connectivity index (χ0) is 36.4. The molecule has 4 heterocycles. The summed E-state index contributed by atoms with van der Waals surface area (Å²) in [7, 11) is 3.14. The van der Waals surface area contributed by atoms with Gasteiger partial charge in [-0.05, 0) is 73.4 Å². The van der Waals surface area contributed by atoms with Crippen LogP contribution in [0.3, 0.4) is 0 Å². The Bertz CT molecular complexity index is 2300. The van der Waals surface area contributed by atoms with E-state index in [-0.39, 0.29) is 34.5 Å². The van der Waals surface area contributed by atoms with Crippen molar-refractivity contribution in [3.8, 4) is 28.3 Å². The maximum atomic E-state index is 13.8. The number of nitrogens with one attached hydrogen (secondary N) is 1. The minimum atomic E-state index is -2.84. The highest BCUT2D eigenvalue weighted by Gasteiger charge is 2.61. The molecule has 1 N–H and O–H groups in total. The highest BCUT2D eigenvalue weighted by Crippen LogP contribution is 2.56. The molecule has 0 spiro atoms. The first-order chi connectivity index (χ1) is 25.1. The molecule has 3 aromatic heterocycles. The molecule has 13 heteroatoms. The topological polar surface area (TPSA) is 111 Å². The summed E-state index contributed by atoms with van der Waals surface area (Å²) < 4.78 is 40.0. The summed E-state index contributed by atoms with van der Waals surface area (Å²) in [5, 5.41) is 8.08. The number of piperidine rings is 1. The quantitative estimate of drug-likeness (QED) is 0.155. The number of carbonyl (C=O) groups excluding carboxylic acids is 1. The number of rotatable bonds is 9. The first kappa shape index (κ1) is 34.2. The summed E-state index contributed by atoms with van der Waals surface area (Å²) in [6.07, 6.45) is 0.359. The van der Waals surface area contributed by atoms with E-state index in [1.807, 2.05) is 44.2 Å². The van der Waals surface area contributed by atoms with Crippen molar-refractivity contribution in [2.75, 3.05) is 32.1 Å². The van der Waals surface area contributed by atoms with E-state index in [1.54, 1.807) is 13.2 Å². The van der Waals surface area contributed by atoms with Crippen LogP contribution >= 0.6 is 11.6 Å². The van der Waals surface area contributed by atoms with Crippen molar-refractivity contribution in [3.05, 3.63) is 92.5 Å². The molecule has 2 fully saturated rings. The van der Waals surface area contributed by atoms with Gasteiger partial charge in [-0.15, -0.1) is 0 Å². The first-order valence-electron chi connectivity index (χ1n) is 17.4. The maximum absolute atomic E-state index is 13.8. The number of likely N-dealkylation sites (tertiary alicyclic amines) is 1. The van der Waals surface area contributed by atoms with E-state index >= 15 is 0 Å². The van der Waals surface area contributed by atoms with Crippen molar-refractivity contribution in [2.45, 2.75) is 39.2 Å². The van der Waals surface area contributed by atoms with Gasteiger partial charge in [-0.3, -0.25) is 14.5 Å². The number of hydrogen-bond donors (Lipinski definition) is 1. The molecule has 2 aliphatic carbocycles. The number of aryl methyl sites for hydroxylation is 2. The molecule has 1 aliphatic heterocycles. The fourth-order valence-electron chi connectivity index (χ4n) is 8.25. The summed E-state index contributed by atoms with van der Waals surface area (Å²) in [6, 6.07) is 14.8. The van der Waals surface area contributed by atoms with E-state index in [4.69, 9.17) is 26.1 Å². The lowest BCUT2D eigenvalue weighted by atomic mass is 9.96. The van der Waals surface area contributed by atoms with Gasteiger partial charge in [0.25, 0.3) is 12.0 Å². The van der Waals surface area contributed by atoms with Crippen LogP contribution in [0.2, 0.25) is 5.02 Å². The number of carbonyl (C=O) groups is 1. The monoisotopic (exact) mass is 726 g/mol. The SMILES string of the molecule is CCOC(=O)C1[C@H]2CN([C@H]3CCc4cc(-c5cccc(-c6cccc(Nc7nc(C(F)F)cc8cnn(C)c(=O)c78)c6C)c5Cl)nc(OC)c43)C[C@@H]12. The van der Waals surface area contributed by atoms with Crippen LogP contribution in [0.15, 0.2) is 59.5 Å². The fourth-order valence-corrected chi connectivity index (χ4v) is 8.57. The zero-order valence-electron chi connectivity index (χ0n) is 29.1. The molecule has 8 rings (SSSR count). The molecule has 1 saturated heterocycles. The Morgan fingerprint density at radius 2 is 1.81 bits per heavy atom. The van der Waals surface area contributed by atoms with Gasteiger partial charge in [0.05, 0.1) is 41.9 Å². The zero-order valence-corrected chi connectivity index (χ0v) is 29.9. The number of hydrogen-bond acceptors (Lipinski definition) is 9. The molecular weight excluding hydrogens is 690 g/mol. The average Bonchev–Trinajstić information content (AvgIpc) is 3.41. The van der Waals surface area contributed by atoms with E-state index in [9.17, 15) is 18.4 Å². The lowest BCUT2D eigenvalue weighted by Gasteiger charge is -2.28. The third kappa shape index (κ3) is 5.68. The van der Waals surface area contributed by atoms with Gasteiger partial charge in [0.1, 0.15) is 11.5 Å². The van der Waals surface area contributed by atoms with Gasteiger partial charge in [-0.2, -0.15) is 5.10 Å². The minimum Gasteiger partial charge on any atom is -0.481 e. The predicted molar refractivity (Wildman–Crippen MR) is 194 cm³/mol. The molecule has 52 heavy (non-hydrogen) atoms. The Balaban J connectivity index is 1.10. The standard InChI is InChI=1S/C39H37ClF2N6O4/c1-5-52-39(50)33-25-17-48(18-26(25)33)30-13-12-20-14-28(46-37(51-4)31(20)30)24-10-6-9-23(34(24)40)22-8-7-11-27(19(22)2)44-36-32-21(15-29(45-36)35(41)42)16-43-47(3)38(32)49/h6-11,14-16,25-26,30,33,35H,5,12-13,17-18H2,1-4H3,(H,44,45)/t25-,26+,30-,33?/m0/s1. The number of alkyl halides is 2. The normalized spacial score (nSPS) is 20.6. The molecule has 0 radical (unpaired) electrons. The van der Waals surface area contributed by atoms with Crippen LogP contribution in [-0.2, 0) is 23.0 Å². The van der Waals surface area contributed by atoms with Crippen molar-refractivity contribution in [1.82, 2.24) is 24.6 Å². The molecule has 4 atom stereocenters. The minimum absolute atomic E-state index is 0.0217. The highest BCUT2D eigenvalue weighted by molar-refractivity contribution is 6.36. The molecule has 1 saturated carbocycles. The molecule has 0 amide bonds. The smallest absolute Gasteiger partial charge is 0.309 e. The van der Waals surface area contributed by atoms with Gasteiger partial charge < -0.3 is 14.8 Å². The molecule has 5 aromatic rings.